The van der Waals surface area contributed by atoms with Crippen LogP contribution in [0.3, 0.4) is 0 Å². The summed E-state index contributed by atoms with van der Waals surface area (Å²) >= 11 is 0. The number of aromatic amines is 1. The molecular formula is C12H22N4O2. The van der Waals surface area contributed by atoms with Crippen molar-refractivity contribution in [2.24, 2.45) is 11.5 Å². The average molecular weight is 254 g/mol. The van der Waals surface area contributed by atoms with E-state index in [0.717, 1.165) is 5.69 Å². The molecule has 0 saturated heterocycles. The maximum absolute atomic E-state index is 10.3. The van der Waals surface area contributed by atoms with Gasteiger partial charge in [-0.2, -0.15) is 0 Å². The average Bonchev–Trinajstić information content (AvgIpc) is 2.83. The molecule has 1 fully saturated rings. The van der Waals surface area contributed by atoms with Crippen LogP contribution in [0, 0.1) is 0 Å². The Kier molecular flexibility index (Phi) is 6.38. The number of aromatic nitrogens is 2. The van der Waals surface area contributed by atoms with Crippen molar-refractivity contribution in [3.05, 3.63) is 18.2 Å². The number of nitrogens with two attached hydrogens (primary N) is 2. The van der Waals surface area contributed by atoms with E-state index < -0.39 is 12.0 Å². The van der Waals surface area contributed by atoms with Crippen molar-refractivity contribution >= 4 is 5.97 Å². The van der Waals surface area contributed by atoms with E-state index in [1.165, 1.54) is 38.4 Å². The van der Waals surface area contributed by atoms with Gasteiger partial charge in [0.2, 0.25) is 0 Å². The Labute approximate surface area is 107 Å². The summed E-state index contributed by atoms with van der Waals surface area (Å²) in [6.07, 6.45) is 10.00. The minimum absolute atomic E-state index is 0.287. The smallest absolute Gasteiger partial charge is 0.320 e. The first-order chi connectivity index (χ1) is 8.59. The van der Waals surface area contributed by atoms with Crippen LogP contribution < -0.4 is 11.5 Å². The summed E-state index contributed by atoms with van der Waals surface area (Å²) in [5.74, 6) is -1.00. The van der Waals surface area contributed by atoms with Crippen LogP contribution in [0.5, 0.6) is 0 Å². The third-order valence-corrected chi connectivity index (χ3v) is 2.96. The molecule has 1 atom stereocenters. The monoisotopic (exact) mass is 254 g/mol. The molecule has 18 heavy (non-hydrogen) atoms. The SMILES string of the molecule is NC(Cc1cnc[nH]1)C(=O)O.NC1CCCCC1. The van der Waals surface area contributed by atoms with E-state index >= 15 is 0 Å². The molecule has 1 aliphatic carbocycles. The van der Waals surface area contributed by atoms with Gasteiger partial charge in [-0.05, 0) is 12.8 Å². The molecule has 0 amide bonds. The summed E-state index contributed by atoms with van der Waals surface area (Å²) in [4.78, 5) is 16.8. The highest BCUT2D eigenvalue weighted by molar-refractivity contribution is 5.73. The molecule has 1 aromatic rings. The van der Waals surface area contributed by atoms with E-state index in [-0.39, 0.29) is 6.42 Å². The van der Waals surface area contributed by atoms with Gasteiger partial charge < -0.3 is 21.6 Å². The van der Waals surface area contributed by atoms with Gasteiger partial charge in [-0.25, -0.2) is 4.98 Å². The molecule has 6 heteroatoms. The number of imidazole rings is 1. The summed E-state index contributed by atoms with van der Waals surface area (Å²) in [5, 5.41) is 8.42. The fraction of sp³-hybridized carbons (Fsp3) is 0.667. The number of hydrogen-bond acceptors (Lipinski definition) is 4. The molecule has 1 heterocycles. The normalized spacial score (nSPS) is 17.7. The maximum Gasteiger partial charge on any atom is 0.320 e. The lowest BCUT2D eigenvalue weighted by atomic mass is 9.97. The number of nitrogens with one attached hydrogen (secondary N) is 1. The lowest BCUT2D eigenvalue weighted by Crippen LogP contribution is -2.32. The summed E-state index contributed by atoms with van der Waals surface area (Å²) < 4.78 is 0. The first-order valence-corrected chi connectivity index (χ1v) is 6.31. The van der Waals surface area contributed by atoms with Crippen LogP contribution in [0.1, 0.15) is 37.8 Å². The van der Waals surface area contributed by atoms with Crippen LogP contribution in [0.2, 0.25) is 0 Å². The molecule has 1 aromatic heterocycles. The predicted octanol–water partition coefficient (Wildman–Crippen LogP) is 0.642. The van der Waals surface area contributed by atoms with E-state index in [1.54, 1.807) is 6.20 Å². The molecule has 1 unspecified atom stereocenters. The minimum atomic E-state index is -1.00. The third kappa shape index (κ3) is 5.79. The molecular weight excluding hydrogens is 232 g/mol. The van der Waals surface area contributed by atoms with E-state index in [1.807, 2.05) is 0 Å². The van der Waals surface area contributed by atoms with Crippen LogP contribution in [0.25, 0.3) is 0 Å². The number of nitrogens with zero attached hydrogens (tertiary/aromatic N) is 1. The molecule has 0 spiro atoms. The van der Waals surface area contributed by atoms with Crippen LogP contribution in [-0.4, -0.2) is 33.1 Å². The Morgan fingerprint density at radius 1 is 1.50 bits per heavy atom. The Balaban J connectivity index is 0.000000199. The fourth-order valence-corrected chi connectivity index (χ4v) is 1.85. The van der Waals surface area contributed by atoms with Crippen LogP contribution in [0.4, 0.5) is 0 Å². The number of carboxylic acid groups (broad SMARTS) is 1. The van der Waals surface area contributed by atoms with Crippen LogP contribution >= 0.6 is 0 Å². The van der Waals surface area contributed by atoms with Crippen molar-refractivity contribution in [3.63, 3.8) is 0 Å². The van der Waals surface area contributed by atoms with Gasteiger partial charge in [0.1, 0.15) is 6.04 Å². The topological polar surface area (TPSA) is 118 Å². The first-order valence-electron chi connectivity index (χ1n) is 6.31. The second-order valence-corrected chi connectivity index (χ2v) is 4.62. The van der Waals surface area contributed by atoms with Gasteiger partial charge in [-0.3, -0.25) is 4.79 Å². The van der Waals surface area contributed by atoms with Crippen molar-refractivity contribution in [1.29, 1.82) is 0 Å². The van der Waals surface area contributed by atoms with Crippen LogP contribution in [0.15, 0.2) is 12.5 Å². The standard InChI is InChI=1S/C6H9N3O2.C6H13N/c7-5(6(10)11)1-4-2-8-3-9-4;7-6-4-2-1-3-5-6/h2-3,5H,1,7H2,(H,8,9)(H,10,11);6H,1-5,7H2. The van der Waals surface area contributed by atoms with Crippen molar-refractivity contribution in [2.75, 3.05) is 0 Å². The Morgan fingerprint density at radius 3 is 2.56 bits per heavy atom. The Bertz CT molecular complexity index is 334. The lowest BCUT2D eigenvalue weighted by molar-refractivity contribution is -0.138. The second-order valence-electron chi connectivity index (χ2n) is 4.62. The third-order valence-electron chi connectivity index (χ3n) is 2.96. The second kappa shape index (κ2) is 7.84. The van der Waals surface area contributed by atoms with Crippen LogP contribution in [-0.2, 0) is 11.2 Å². The molecule has 0 aliphatic heterocycles. The van der Waals surface area contributed by atoms with Gasteiger partial charge in [0, 0.05) is 24.4 Å². The van der Waals surface area contributed by atoms with E-state index in [9.17, 15) is 4.79 Å². The zero-order valence-electron chi connectivity index (χ0n) is 10.5. The maximum atomic E-state index is 10.3. The molecule has 2 rings (SSSR count). The largest absolute Gasteiger partial charge is 0.480 e. The van der Waals surface area contributed by atoms with Crippen molar-refractivity contribution in [3.8, 4) is 0 Å². The van der Waals surface area contributed by atoms with Gasteiger partial charge in [0.25, 0.3) is 0 Å². The lowest BCUT2D eigenvalue weighted by Gasteiger charge is -2.15. The number of hydrogen-bond donors (Lipinski definition) is 4. The minimum Gasteiger partial charge on any atom is -0.480 e. The zero-order chi connectivity index (χ0) is 13.4. The van der Waals surface area contributed by atoms with Gasteiger partial charge >= 0.3 is 5.97 Å². The molecule has 102 valence electrons. The van der Waals surface area contributed by atoms with Gasteiger partial charge in [-0.1, -0.05) is 19.3 Å². The Hall–Kier alpha value is -1.40. The summed E-state index contributed by atoms with van der Waals surface area (Å²) in [7, 11) is 0. The zero-order valence-corrected chi connectivity index (χ0v) is 10.5. The molecule has 0 radical (unpaired) electrons. The van der Waals surface area contributed by atoms with Gasteiger partial charge in [0.05, 0.1) is 6.33 Å². The molecule has 1 saturated carbocycles. The number of rotatable bonds is 3. The van der Waals surface area contributed by atoms with E-state index in [0.29, 0.717) is 6.04 Å². The van der Waals surface area contributed by atoms with E-state index in [2.05, 4.69) is 9.97 Å². The fourth-order valence-electron chi connectivity index (χ4n) is 1.85. The van der Waals surface area contributed by atoms with Gasteiger partial charge in [0.15, 0.2) is 0 Å². The van der Waals surface area contributed by atoms with E-state index in [4.69, 9.17) is 16.6 Å². The Morgan fingerprint density at radius 2 is 2.17 bits per heavy atom. The highest BCUT2D eigenvalue weighted by atomic mass is 16.4. The van der Waals surface area contributed by atoms with Crippen molar-refractivity contribution in [1.82, 2.24) is 9.97 Å². The van der Waals surface area contributed by atoms with Gasteiger partial charge in [-0.15, -0.1) is 0 Å². The molecule has 0 bridgehead atoms. The molecule has 6 nitrogen and oxygen atoms in total. The molecule has 0 aromatic carbocycles. The summed E-state index contributed by atoms with van der Waals surface area (Å²) in [6.45, 7) is 0. The number of aliphatic carboxylic acids is 1. The summed E-state index contributed by atoms with van der Waals surface area (Å²) in [6, 6.07) is -0.316. The number of H-pyrrole nitrogens is 1. The first kappa shape index (κ1) is 14.7. The highest BCUT2D eigenvalue weighted by Gasteiger charge is 2.12. The molecule has 6 N–H and O–H groups in total. The quantitative estimate of drug-likeness (QED) is 0.631. The number of carboxylic acids is 1. The highest BCUT2D eigenvalue weighted by Crippen LogP contribution is 2.14. The summed E-state index contributed by atoms with van der Waals surface area (Å²) in [5.41, 5.74) is 11.6. The van der Waals surface area contributed by atoms with Crippen molar-refractivity contribution in [2.45, 2.75) is 50.6 Å². The predicted molar refractivity (Wildman–Crippen MR) is 69.0 cm³/mol. The van der Waals surface area contributed by atoms with Crippen molar-refractivity contribution < 1.29 is 9.90 Å². The molecule has 1 aliphatic rings. The number of carbonyl (C=O) groups is 1.